The van der Waals surface area contributed by atoms with Gasteiger partial charge in [-0.05, 0) is 44.9 Å². The number of hydrogen-bond acceptors (Lipinski definition) is 3. The third-order valence-electron chi connectivity index (χ3n) is 3.54. The minimum atomic E-state index is 0.632. The van der Waals surface area contributed by atoms with Gasteiger partial charge in [0.25, 0.3) is 0 Å². The van der Waals surface area contributed by atoms with Gasteiger partial charge < -0.3 is 10.2 Å². The number of aryl methyl sites for hydroxylation is 1. The van der Waals surface area contributed by atoms with Crippen LogP contribution in [0.5, 0.6) is 0 Å². The summed E-state index contributed by atoms with van der Waals surface area (Å²) in [6.07, 6.45) is 5.15. The van der Waals surface area contributed by atoms with E-state index in [1.807, 2.05) is 0 Å². The topological polar surface area (TPSA) is 28.2 Å². The van der Waals surface area contributed by atoms with Crippen LogP contribution >= 0.6 is 0 Å². The van der Waals surface area contributed by atoms with Crippen molar-refractivity contribution in [3.63, 3.8) is 0 Å². The van der Waals surface area contributed by atoms with Gasteiger partial charge in [0, 0.05) is 24.8 Å². The van der Waals surface area contributed by atoms with Crippen LogP contribution < -0.4 is 10.2 Å². The highest BCUT2D eigenvalue weighted by Gasteiger charge is 2.17. The van der Waals surface area contributed by atoms with Crippen LogP contribution in [0.4, 0.5) is 5.82 Å². The third kappa shape index (κ3) is 3.70. The number of pyridine rings is 1. The summed E-state index contributed by atoms with van der Waals surface area (Å²) >= 11 is 0. The summed E-state index contributed by atoms with van der Waals surface area (Å²) in [7, 11) is 0. The molecule has 2 heterocycles. The smallest absolute Gasteiger partial charge is 0.128 e. The number of piperidine rings is 1. The molecule has 1 fully saturated rings. The van der Waals surface area contributed by atoms with Crippen molar-refractivity contribution in [2.45, 2.75) is 45.6 Å². The minimum absolute atomic E-state index is 0.632. The summed E-state index contributed by atoms with van der Waals surface area (Å²) in [6, 6.07) is 6.93. The number of rotatable bonds is 5. The molecule has 3 heteroatoms. The minimum Gasteiger partial charge on any atom is -0.355 e. The summed E-state index contributed by atoms with van der Waals surface area (Å²) in [6.45, 7) is 7.65. The Bertz CT molecular complexity index is 359. The Morgan fingerprint density at radius 2 is 2.28 bits per heavy atom. The molecule has 18 heavy (non-hydrogen) atoms. The zero-order valence-electron chi connectivity index (χ0n) is 11.7. The van der Waals surface area contributed by atoms with Crippen LogP contribution in [0.3, 0.4) is 0 Å². The van der Waals surface area contributed by atoms with Crippen LogP contribution in [0.2, 0.25) is 0 Å². The molecule has 1 aliphatic heterocycles. The van der Waals surface area contributed by atoms with Gasteiger partial charge in [0.15, 0.2) is 0 Å². The maximum absolute atomic E-state index is 4.66. The van der Waals surface area contributed by atoms with E-state index in [2.05, 4.69) is 47.2 Å². The van der Waals surface area contributed by atoms with Crippen LogP contribution in [-0.2, 0) is 0 Å². The van der Waals surface area contributed by atoms with Crippen LogP contribution in [0.15, 0.2) is 18.2 Å². The predicted molar refractivity (Wildman–Crippen MR) is 77.1 cm³/mol. The molecule has 0 bridgehead atoms. The molecule has 0 spiro atoms. The second kappa shape index (κ2) is 6.74. The van der Waals surface area contributed by atoms with Gasteiger partial charge in [-0.3, -0.25) is 0 Å². The number of hydrogen-bond donors (Lipinski definition) is 1. The fourth-order valence-corrected chi connectivity index (χ4v) is 2.62. The second-order valence-electron chi connectivity index (χ2n) is 5.23. The molecule has 100 valence electrons. The fourth-order valence-electron chi connectivity index (χ4n) is 2.62. The Hall–Kier alpha value is -1.09. The first-order valence-corrected chi connectivity index (χ1v) is 7.21. The first kappa shape index (κ1) is 13.3. The van der Waals surface area contributed by atoms with Crippen LogP contribution in [-0.4, -0.2) is 30.7 Å². The summed E-state index contributed by atoms with van der Waals surface area (Å²) in [5, 5.41) is 3.62. The zero-order valence-corrected chi connectivity index (χ0v) is 11.7. The van der Waals surface area contributed by atoms with Gasteiger partial charge >= 0.3 is 0 Å². The molecule has 0 radical (unpaired) electrons. The highest BCUT2D eigenvalue weighted by molar-refractivity contribution is 5.39. The molecule has 3 nitrogen and oxygen atoms in total. The molecule has 1 aliphatic rings. The summed E-state index contributed by atoms with van der Waals surface area (Å²) in [5.74, 6) is 1.13. The van der Waals surface area contributed by atoms with E-state index in [1.165, 1.54) is 32.2 Å². The van der Waals surface area contributed by atoms with E-state index in [1.54, 1.807) is 0 Å². The van der Waals surface area contributed by atoms with E-state index in [0.717, 1.165) is 24.6 Å². The molecule has 1 saturated heterocycles. The highest BCUT2D eigenvalue weighted by Crippen LogP contribution is 2.15. The Morgan fingerprint density at radius 3 is 2.94 bits per heavy atom. The summed E-state index contributed by atoms with van der Waals surface area (Å²) < 4.78 is 0. The van der Waals surface area contributed by atoms with Gasteiger partial charge in [-0.15, -0.1) is 0 Å². The van der Waals surface area contributed by atoms with Gasteiger partial charge in [0.2, 0.25) is 0 Å². The quantitative estimate of drug-likeness (QED) is 0.867. The van der Waals surface area contributed by atoms with Crippen molar-refractivity contribution in [2.24, 2.45) is 0 Å². The highest BCUT2D eigenvalue weighted by atomic mass is 15.2. The van der Waals surface area contributed by atoms with Crippen LogP contribution in [0.25, 0.3) is 0 Å². The molecular formula is C15H25N3. The van der Waals surface area contributed by atoms with Crippen molar-refractivity contribution in [3.05, 3.63) is 23.9 Å². The van der Waals surface area contributed by atoms with E-state index >= 15 is 0 Å². The SMILES string of the molecule is CCCN(CC1CCCCN1)c1cccc(C)n1. The predicted octanol–water partition coefficient (Wildman–Crippen LogP) is 2.75. The van der Waals surface area contributed by atoms with E-state index in [-0.39, 0.29) is 0 Å². The number of nitrogens with zero attached hydrogens (tertiary/aromatic N) is 2. The maximum Gasteiger partial charge on any atom is 0.128 e. The molecule has 0 saturated carbocycles. The lowest BCUT2D eigenvalue weighted by molar-refractivity contribution is 0.398. The summed E-state index contributed by atoms with van der Waals surface area (Å²) in [4.78, 5) is 7.08. The van der Waals surface area contributed by atoms with Crippen molar-refractivity contribution >= 4 is 5.82 Å². The number of nitrogens with one attached hydrogen (secondary N) is 1. The normalized spacial score (nSPS) is 19.8. The molecule has 1 aromatic heterocycles. The first-order valence-electron chi connectivity index (χ1n) is 7.21. The Balaban J connectivity index is 2.02. The second-order valence-corrected chi connectivity index (χ2v) is 5.23. The zero-order chi connectivity index (χ0) is 12.8. The van der Waals surface area contributed by atoms with Crippen molar-refractivity contribution in [1.82, 2.24) is 10.3 Å². The molecule has 2 rings (SSSR count). The van der Waals surface area contributed by atoms with Gasteiger partial charge in [-0.2, -0.15) is 0 Å². The van der Waals surface area contributed by atoms with Gasteiger partial charge in [0.1, 0.15) is 5.82 Å². The third-order valence-corrected chi connectivity index (χ3v) is 3.54. The lowest BCUT2D eigenvalue weighted by Crippen LogP contribution is -2.44. The fraction of sp³-hybridized carbons (Fsp3) is 0.667. The molecule has 0 amide bonds. The molecular weight excluding hydrogens is 222 g/mol. The van der Waals surface area contributed by atoms with Crippen molar-refractivity contribution in [3.8, 4) is 0 Å². The largest absolute Gasteiger partial charge is 0.355 e. The van der Waals surface area contributed by atoms with Crippen LogP contribution in [0, 0.1) is 6.92 Å². The Labute approximate surface area is 111 Å². The molecule has 1 N–H and O–H groups in total. The maximum atomic E-state index is 4.66. The molecule has 1 aromatic rings. The summed E-state index contributed by atoms with van der Waals surface area (Å²) in [5.41, 5.74) is 1.10. The van der Waals surface area contributed by atoms with Crippen molar-refractivity contribution in [1.29, 1.82) is 0 Å². The molecule has 0 aliphatic carbocycles. The molecule has 1 unspecified atom stereocenters. The van der Waals surface area contributed by atoms with Crippen LogP contribution in [0.1, 0.15) is 38.3 Å². The molecule has 0 aromatic carbocycles. The first-order chi connectivity index (χ1) is 8.79. The van der Waals surface area contributed by atoms with Gasteiger partial charge in [0.05, 0.1) is 0 Å². The average molecular weight is 247 g/mol. The van der Waals surface area contributed by atoms with Crippen molar-refractivity contribution in [2.75, 3.05) is 24.5 Å². The average Bonchev–Trinajstić information content (AvgIpc) is 2.39. The lowest BCUT2D eigenvalue weighted by atomic mass is 10.0. The van der Waals surface area contributed by atoms with E-state index < -0.39 is 0 Å². The van der Waals surface area contributed by atoms with Gasteiger partial charge in [-0.25, -0.2) is 4.98 Å². The van der Waals surface area contributed by atoms with Crippen molar-refractivity contribution < 1.29 is 0 Å². The van der Waals surface area contributed by atoms with E-state index in [9.17, 15) is 0 Å². The monoisotopic (exact) mass is 247 g/mol. The molecule has 1 atom stereocenters. The number of anilines is 1. The Morgan fingerprint density at radius 1 is 1.39 bits per heavy atom. The Kier molecular flexibility index (Phi) is 5.00. The van der Waals surface area contributed by atoms with Gasteiger partial charge in [-0.1, -0.05) is 19.4 Å². The lowest BCUT2D eigenvalue weighted by Gasteiger charge is -2.31. The number of aromatic nitrogens is 1. The van der Waals surface area contributed by atoms with E-state index in [0.29, 0.717) is 6.04 Å². The standard InChI is InChI=1S/C15H25N3/c1-3-11-18(12-14-8-4-5-10-16-14)15-9-6-7-13(2)17-15/h6-7,9,14,16H,3-5,8,10-12H2,1-2H3. The van der Waals surface area contributed by atoms with E-state index in [4.69, 9.17) is 0 Å².